The zero-order valence-corrected chi connectivity index (χ0v) is 18.0. The van der Waals surface area contributed by atoms with Crippen molar-refractivity contribution in [3.8, 4) is 5.75 Å². The Morgan fingerprint density at radius 2 is 1.84 bits per heavy atom. The fourth-order valence-corrected chi connectivity index (χ4v) is 4.00. The Balaban J connectivity index is 1.70. The van der Waals surface area contributed by atoms with E-state index in [1.54, 1.807) is 0 Å². The van der Waals surface area contributed by atoms with Gasteiger partial charge in [0.1, 0.15) is 11.0 Å². The molecule has 0 aliphatic carbocycles. The molecule has 0 bridgehead atoms. The number of rotatable bonds is 6. The molecule has 8 nitrogen and oxygen atoms in total. The largest absolute Gasteiger partial charge is 0.487 e. The number of carbonyl (C=O) groups excluding carboxylic acids is 2. The van der Waals surface area contributed by atoms with Crippen molar-refractivity contribution in [2.45, 2.75) is 17.2 Å². The first-order valence-corrected chi connectivity index (χ1v) is 10.3. The number of carboxylic acid groups (broad SMARTS) is 1. The zero-order valence-electron chi connectivity index (χ0n) is 16.4. The van der Waals surface area contributed by atoms with Crippen LogP contribution in [0.4, 0.5) is 20.2 Å². The second-order valence-electron chi connectivity index (χ2n) is 6.46. The van der Waals surface area contributed by atoms with E-state index in [-0.39, 0.29) is 22.9 Å². The minimum absolute atomic E-state index is 0.0763. The number of hydrogen-bond donors (Lipinski definition) is 2. The number of anilines is 2. The van der Waals surface area contributed by atoms with E-state index in [0.29, 0.717) is 11.4 Å². The van der Waals surface area contributed by atoms with E-state index in [2.05, 4.69) is 15.0 Å². The Morgan fingerprint density at radius 3 is 2.38 bits per heavy atom. The van der Waals surface area contributed by atoms with Gasteiger partial charge in [-0.1, -0.05) is 11.8 Å². The Hall–Kier alpha value is -3.18. The molecule has 1 atom stereocenters. The van der Waals surface area contributed by atoms with Crippen molar-refractivity contribution in [1.29, 1.82) is 0 Å². The van der Waals surface area contributed by atoms with Crippen LogP contribution < -0.4 is 15.0 Å². The molecule has 2 N–H and O–H groups in total. The Labute approximate surface area is 190 Å². The van der Waals surface area contributed by atoms with Crippen LogP contribution >= 0.6 is 23.4 Å². The summed E-state index contributed by atoms with van der Waals surface area (Å²) in [4.78, 5) is 41.7. The van der Waals surface area contributed by atoms with E-state index in [0.717, 1.165) is 11.8 Å². The molecule has 2 aromatic rings. The summed E-state index contributed by atoms with van der Waals surface area (Å²) in [5.74, 6) is -2.13. The van der Waals surface area contributed by atoms with Gasteiger partial charge in [-0.3, -0.25) is 19.5 Å². The molecule has 1 aliphatic rings. The minimum atomic E-state index is -3.86. The summed E-state index contributed by atoms with van der Waals surface area (Å²) in [6.45, 7) is 0. The van der Waals surface area contributed by atoms with E-state index in [1.165, 1.54) is 60.5 Å². The summed E-state index contributed by atoms with van der Waals surface area (Å²) in [6, 6.07) is 10.9. The Kier molecular flexibility index (Phi) is 6.99. The van der Waals surface area contributed by atoms with Crippen molar-refractivity contribution in [2.24, 2.45) is 4.99 Å². The molecule has 2 aromatic carbocycles. The lowest BCUT2D eigenvalue weighted by Crippen LogP contribution is -2.45. The van der Waals surface area contributed by atoms with Crippen LogP contribution in [0.3, 0.4) is 0 Å². The van der Waals surface area contributed by atoms with Gasteiger partial charge in [-0.15, -0.1) is 8.78 Å². The van der Waals surface area contributed by atoms with Gasteiger partial charge < -0.3 is 15.2 Å². The predicted molar refractivity (Wildman–Crippen MR) is 117 cm³/mol. The van der Waals surface area contributed by atoms with Gasteiger partial charge in [-0.25, -0.2) is 4.79 Å². The van der Waals surface area contributed by atoms with Crippen LogP contribution in [0.1, 0.15) is 16.8 Å². The summed E-state index contributed by atoms with van der Waals surface area (Å²) in [5, 5.41) is 11.1. The van der Waals surface area contributed by atoms with Gasteiger partial charge in [0.15, 0.2) is 5.17 Å². The third-order valence-electron chi connectivity index (χ3n) is 4.26. The van der Waals surface area contributed by atoms with Gasteiger partial charge in [-0.05, 0) is 48.5 Å². The maximum atomic E-state index is 12.8. The van der Waals surface area contributed by atoms with E-state index < -0.39 is 28.6 Å². The van der Waals surface area contributed by atoms with Gasteiger partial charge in [0.05, 0.1) is 11.3 Å². The Morgan fingerprint density at radius 1 is 1.22 bits per heavy atom. The number of aromatic carboxylic acids is 1. The van der Waals surface area contributed by atoms with Gasteiger partial charge in [0.2, 0.25) is 11.8 Å². The number of thioether (sulfide) groups is 1. The van der Waals surface area contributed by atoms with Crippen molar-refractivity contribution in [2.75, 3.05) is 17.3 Å². The third kappa shape index (κ3) is 5.74. The fraction of sp³-hybridized carbons (Fsp3) is 0.200. The van der Waals surface area contributed by atoms with Crippen molar-refractivity contribution in [3.63, 3.8) is 0 Å². The van der Waals surface area contributed by atoms with E-state index in [1.807, 2.05) is 0 Å². The normalized spacial score (nSPS) is 17.9. The summed E-state index contributed by atoms with van der Waals surface area (Å²) < 4.78 is 29.8. The second kappa shape index (κ2) is 9.53. The van der Waals surface area contributed by atoms with Crippen LogP contribution in [0.5, 0.6) is 5.75 Å². The first-order valence-electron chi connectivity index (χ1n) is 9.04. The van der Waals surface area contributed by atoms with Crippen LogP contribution in [-0.2, 0) is 9.59 Å². The van der Waals surface area contributed by atoms with Crippen LogP contribution in [0.2, 0.25) is 0 Å². The lowest BCUT2D eigenvalue weighted by molar-refractivity contribution is -0.121. The van der Waals surface area contributed by atoms with E-state index in [4.69, 9.17) is 16.7 Å². The number of halogens is 3. The van der Waals surface area contributed by atoms with Gasteiger partial charge in [0.25, 0.3) is 0 Å². The van der Waals surface area contributed by atoms with Crippen molar-refractivity contribution < 1.29 is 33.0 Å². The second-order valence-corrected chi connectivity index (χ2v) is 8.07. The quantitative estimate of drug-likeness (QED) is 0.601. The highest BCUT2D eigenvalue weighted by atomic mass is 35.5. The maximum absolute atomic E-state index is 12.8. The van der Waals surface area contributed by atoms with Crippen LogP contribution in [0.25, 0.3) is 0 Å². The number of hydrogen-bond acceptors (Lipinski definition) is 6. The van der Waals surface area contributed by atoms with Gasteiger partial charge in [0, 0.05) is 30.8 Å². The summed E-state index contributed by atoms with van der Waals surface area (Å²) >= 11 is 5.81. The average molecular weight is 484 g/mol. The number of nitrogens with zero attached hydrogens (tertiary/aromatic N) is 2. The lowest BCUT2D eigenvalue weighted by atomic mass is 10.2. The van der Waals surface area contributed by atoms with Crippen LogP contribution in [0, 0.1) is 0 Å². The first-order chi connectivity index (χ1) is 15.1. The highest BCUT2D eigenvalue weighted by molar-refractivity contribution is 8.15. The van der Waals surface area contributed by atoms with Crippen LogP contribution in [0.15, 0.2) is 53.5 Å². The molecule has 1 saturated heterocycles. The summed E-state index contributed by atoms with van der Waals surface area (Å²) in [7, 11) is 1.46. The molecular weight excluding hydrogens is 468 g/mol. The van der Waals surface area contributed by atoms with Gasteiger partial charge >= 0.3 is 11.5 Å². The monoisotopic (exact) mass is 483 g/mol. The molecule has 32 heavy (non-hydrogen) atoms. The number of amidine groups is 1. The molecular formula is C20H16ClF2N3O5S. The SMILES string of the molecule is CN=C1S[C@@H](C(=O)Nc2ccc(C(=O)O)cc2)CC(=O)N1c1ccc(OC(F)(F)Cl)cc1. The van der Waals surface area contributed by atoms with E-state index >= 15 is 0 Å². The standard InChI is InChI=1S/C20H16ClF2N3O5S/c1-24-19-26(13-6-8-14(9-7-13)31-20(21,22)23)16(27)10-15(32-19)17(28)25-12-4-2-11(3-5-12)18(29)30/h2-9,15H,10H2,1H3,(H,25,28)(H,29,30)/t15-/m1/s1. The van der Waals surface area contributed by atoms with E-state index in [9.17, 15) is 23.2 Å². The molecule has 1 heterocycles. The highest BCUT2D eigenvalue weighted by Crippen LogP contribution is 2.33. The molecule has 12 heteroatoms. The van der Waals surface area contributed by atoms with Crippen molar-refractivity contribution in [3.05, 3.63) is 54.1 Å². The molecule has 1 aliphatic heterocycles. The molecule has 0 radical (unpaired) electrons. The average Bonchev–Trinajstić information content (AvgIpc) is 2.73. The topological polar surface area (TPSA) is 108 Å². The molecule has 1 fully saturated rings. The number of ether oxygens (including phenoxy) is 1. The zero-order chi connectivity index (χ0) is 23.5. The number of nitrogens with one attached hydrogen (secondary N) is 1. The molecule has 0 unspecified atom stereocenters. The molecule has 168 valence electrons. The molecule has 0 saturated carbocycles. The van der Waals surface area contributed by atoms with Crippen LogP contribution in [-0.4, -0.2) is 45.9 Å². The van der Waals surface area contributed by atoms with Gasteiger partial charge in [-0.2, -0.15) is 0 Å². The number of benzene rings is 2. The molecule has 3 rings (SSSR count). The third-order valence-corrected chi connectivity index (χ3v) is 5.58. The first kappa shape index (κ1) is 23.5. The maximum Gasteiger partial charge on any atom is 0.487 e. The number of carbonyl (C=O) groups is 3. The number of aliphatic imine (C=N–C) groups is 1. The lowest BCUT2D eigenvalue weighted by Gasteiger charge is -2.31. The predicted octanol–water partition coefficient (Wildman–Crippen LogP) is 4.02. The molecule has 0 aromatic heterocycles. The smallest absolute Gasteiger partial charge is 0.478 e. The number of carboxylic acids is 1. The molecule has 2 amide bonds. The van der Waals surface area contributed by atoms with Crippen molar-refractivity contribution >= 4 is 57.7 Å². The summed E-state index contributed by atoms with van der Waals surface area (Å²) in [5.41, 5.74) is -3.04. The summed E-state index contributed by atoms with van der Waals surface area (Å²) in [6.07, 6.45) is -0.138. The molecule has 0 spiro atoms. The highest BCUT2D eigenvalue weighted by Gasteiger charge is 2.36. The minimum Gasteiger partial charge on any atom is -0.478 e. The number of alkyl halides is 3. The van der Waals surface area contributed by atoms with Crippen molar-refractivity contribution in [1.82, 2.24) is 0 Å². The Bertz CT molecular complexity index is 1060. The fourth-order valence-electron chi connectivity index (χ4n) is 2.85. The number of amides is 2.